The molecule has 4 nitrogen and oxygen atoms in total. The first-order valence-corrected chi connectivity index (χ1v) is 8.24. The Balaban J connectivity index is 2.76. The molecule has 6 heteroatoms. The molecule has 0 aliphatic heterocycles. The van der Waals surface area contributed by atoms with Gasteiger partial charge in [-0.1, -0.05) is 25.6 Å². The molecule has 0 aliphatic carbocycles. The van der Waals surface area contributed by atoms with Gasteiger partial charge in [-0.2, -0.15) is 0 Å². The van der Waals surface area contributed by atoms with E-state index in [2.05, 4.69) is 29.1 Å². The molecule has 18 heavy (non-hydrogen) atoms. The maximum Gasteiger partial charge on any atom is 0.190 e. The maximum atomic E-state index is 8.92. The Labute approximate surface area is 117 Å². The fourth-order valence-corrected chi connectivity index (χ4v) is 2.74. The molecule has 0 aromatic carbocycles. The Morgan fingerprint density at radius 3 is 2.83 bits per heavy atom. The van der Waals surface area contributed by atoms with Gasteiger partial charge in [0.15, 0.2) is 5.16 Å². The van der Waals surface area contributed by atoms with Crippen LogP contribution >= 0.6 is 23.5 Å². The molecule has 1 heterocycles. The number of hydrogen-bond acceptors (Lipinski definition) is 6. The summed E-state index contributed by atoms with van der Waals surface area (Å²) in [6, 6.07) is 1.98. The molecule has 1 aromatic heterocycles. The normalized spacial score (nSPS) is 12.4. The predicted molar refractivity (Wildman–Crippen MR) is 79.6 cm³/mol. The third-order valence-electron chi connectivity index (χ3n) is 2.28. The van der Waals surface area contributed by atoms with Crippen LogP contribution in [0.1, 0.15) is 26.7 Å². The summed E-state index contributed by atoms with van der Waals surface area (Å²) in [5.41, 5.74) is 0. The summed E-state index contributed by atoms with van der Waals surface area (Å²) in [7, 11) is 0. The highest BCUT2D eigenvalue weighted by Gasteiger charge is 2.08. The Bertz CT molecular complexity index is 363. The molecular weight excluding hydrogens is 266 g/mol. The molecule has 1 rings (SSSR count). The summed E-state index contributed by atoms with van der Waals surface area (Å²) >= 11 is 3.23. The van der Waals surface area contributed by atoms with Crippen molar-refractivity contribution in [1.82, 2.24) is 9.97 Å². The molecule has 0 amide bonds. The van der Waals surface area contributed by atoms with Gasteiger partial charge in [-0.05, 0) is 19.1 Å². The van der Waals surface area contributed by atoms with E-state index in [4.69, 9.17) is 5.11 Å². The minimum absolute atomic E-state index is 0.218. The largest absolute Gasteiger partial charge is 0.396 e. The zero-order valence-electron chi connectivity index (χ0n) is 11.1. The third-order valence-corrected chi connectivity index (χ3v) is 3.91. The van der Waals surface area contributed by atoms with E-state index in [0.29, 0.717) is 5.25 Å². The SMILES string of the molecule is CCCNc1cc(SC(C)CCO)nc(SC)n1. The predicted octanol–water partition coefficient (Wildman–Crippen LogP) is 2.88. The highest BCUT2D eigenvalue weighted by molar-refractivity contribution is 8.00. The number of thioether (sulfide) groups is 2. The van der Waals surface area contributed by atoms with E-state index < -0.39 is 0 Å². The van der Waals surface area contributed by atoms with Gasteiger partial charge < -0.3 is 10.4 Å². The van der Waals surface area contributed by atoms with Crippen molar-refractivity contribution in [2.45, 2.75) is 42.1 Å². The molecule has 0 fully saturated rings. The van der Waals surface area contributed by atoms with Gasteiger partial charge in [0.2, 0.25) is 0 Å². The van der Waals surface area contributed by atoms with Crippen LogP contribution in [0.2, 0.25) is 0 Å². The monoisotopic (exact) mass is 287 g/mol. The number of hydrogen-bond donors (Lipinski definition) is 2. The van der Waals surface area contributed by atoms with Crippen LogP contribution in [0, 0.1) is 0 Å². The van der Waals surface area contributed by atoms with E-state index in [0.717, 1.165) is 35.4 Å². The number of aliphatic hydroxyl groups excluding tert-OH is 1. The van der Waals surface area contributed by atoms with Crippen molar-refractivity contribution in [3.8, 4) is 0 Å². The zero-order valence-corrected chi connectivity index (χ0v) is 12.8. The van der Waals surface area contributed by atoms with E-state index in [1.54, 1.807) is 23.5 Å². The minimum Gasteiger partial charge on any atom is -0.396 e. The van der Waals surface area contributed by atoms with Crippen LogP contribution < -0.4 is 5.32 Å². The van der Waals surface area contributed by atoms with Crippen LogP contribution in [0.4, 0.5) is 5.82 Å². The summed E-state index contributed by atoms with van der Waals surface area (Å²) in [5.74, 6) is 0.884. The summed E-state index contributed by atoms with van der Waals surface area (Å²) in [6.07, 6.45) is 3.83. The average Bonchev–Trinajstić information content (AvgIpc) is 2.36. The van der Waals surface area contributed by atoms with Gasteiger partial charge in [0.1, 0.15) is 10.8 Å². The van der Waals surface area contributed by atoms with Crippen LogP contribution in [0.15, 0.2) is 16.2 Å². The molecule has 0 radical (unpaired) electrons. The Morgan fingerprint density at radius 1 is 1.44 bits per heavy atom. The van der Waals surface area contributed by atoms with Gasteiger partial charge in [0.05, 0.1) is 0 Å². The lowest BCUT2D eigenvalue weighted by atomic mass is 10.3. The van der Waals surface area contributed by atoms with Gasteiger partial charge in [0, 0.05) is 24.5 Å². The summed E-state index contributed by atoms with van der Waals surface area (Å²) in [4.78, 5) is 8.90. The number of anilines is 1. The standard InChI is InChI=1S/C12H21N3OS2/c1-4-6-13-10-8-11(15-12(14-10)17-3)18-9(2)5-7-16/h8-9,16H,4-7H2,1-3H3,(H,13,14,15). The smallest absolute Gasteiger partial charge is 0.190 e. The Hall–Kier alpha value is -0.460. The van der Waals surface area contributed by atoms with Crippen LogP contribution in [0.5, 0.6) is 0 Å². The van der Waals surface area contributed by atoms with E-state index in [-0.39, 0.29) is 6.61 Å². The fourth-order valence-electron chi connectivity index (χ4n) is 1.35. The summed E-state index contributed by atoms with van der Waals surface area (Å²) in [5, 5.41) is 14.3. The van der Waals surface area contributed by atoms with Crippen molar-refractivity contribution in [3.63, 3.8) is 0 Å². The van der Waals surface area contributed by atoms with Crippen molar-refractivity contribution in [2.24, 2.45) is 0 Å². The number of nitrogens with one attached hydrogen (secondary N) is 1. The number of aliphatic hydroxyl groups is 1. The third kappa shape index (κ3) is 5.46. The van der Waals surface area contributed by atoms with Crippen LogP contribution in [0.25, 0.3) is 0 Å². The highest BCUT2D eigenvalue weighted by atomic mass is 32.2. The second-order valence-electron chi connectivity index (χ2n) is 3.95. The molecule has 0 saturated carbocycles. The molecule has 1 unspecified atom stereocenters. The van der Waals surface area contributed by atoms with Crippen molar-refractivity contribution in [2.75, 3.05) is 24.7 Å². The lowest BCUT2D eigenvalue weighted by molar-refractivity contribution is 0.289. The second-order valence-corrected chi connectivity index (χ2v) is 6.18. The highest BCUT2D eigenvalue weighted by Crippen LogP contribution is 2.26. The molecule has 0 bridgehead atoms. The second kappa shape index (κ2) is 8.61. The molecule has 0 aliphatic rings. The quantitative estimate of drug-likeness (QED) is 0.435. The Morgan fingerprint density at radius 2 is 2.22 bits per heavy atom. The molecule has 2 N–H and O–H groups in total. The molecule has 1 aromatic rings. The van der Waals surface area contributed by atoms with Crippen molar-refractivity contribution in [1.29, 1.82) is 0 Å². The van der Waals surface area contributed by atoms with Gasteiger partial charge in [0.25, 0.3) is 0 Å². The van der Waals surface area contributed by atoms with Crippen LogP contribution in [-0.2, 0) is 0 Å². The molecule has 0 spiro atoms. The zero-order chi connectivity index (χ0) is 13.4. The molecule has 0 saturated heterocycles. The van der Waals surface area contributed by atoms with Gasteiger partial charge in [-0.3, -0.25) is 0 Å². The van der Waals surface area contributed by atoms with E-state index in [9.17, 15) is 0 Å². The number of rotatable bonds is 8. The number of nitrogens with zero attached hydrogens (tertiary/aromatic N) is 2. The van der Waals surface area contributed by atoms with Crippen molar-refractivity contribution in [3.05, 3.63) is 6.07 Å². The van der Waals surface area contributed by atoms with Crippen molar-refractivity contribution >= 4 is 29.3 Å². The number of aromatic nitrogens is 2. The maximum absolute atomic E-state index is 8.92. The van der Waals surface area contributed by atoms with Gasteiger partial charge >= 0.3 is 0 Å². The lowest BCUT2D eigenvalue weighted by Crippen LogP contribution is -2.05. The fraction of sp³-hybridized carbons (Fsp3) is 0.667. The van der Waals surface area contributed by atoms with Crippen LogP contribution in [-0.4, -0.2) is 39.7 Å². The first kappa shape index (κ1) is 15.6. The van der Waals surface area contributed by atoms with Crippen LogP contribution in [0.3, 0.4) is 0 Å². The minimum atomic E-state index is 0.218. The first-order valence-electron chi connectivity index (χ1n) is 6.14. The van der Waals surface area contributed by atoms with E-state index in [1.165, 1.54) is 0 Å². The molecule has 1 atom stereocenters. The summed E-state index contributed by atoms with van der Waals surface area (Å²) in [6.45, 7) is 5.36. The Kier molecular flexibility index (Phi) is 7.46. The molecular formula is C12H21N3OS2. The van der Waals surface area contributed by atoms with Crippen molar-refractivity contribution < 1.29 is 5.11 Å². The van der Waals surface area contributed by atoms with Gasteiger partial charge in [-0.15, -0.1) is 11.8 Å². The van der Waals surface area contributed by atoms with E-state index >= 15 is 0 Å². The first-order chi connectivity index (χ1) is 8.69. The summed E-state index contributed by atoms with van der Waals surface area (Å²) < 4.78 is 0. The van der Waals surface area contributed by atoms with E-state index in [1.807, 2.05) is 12.3 Å². The molecule has 102 valence electrons. The van der Waals surface area contributed by atoms with Gasteiger partial charge in [-0.25, -0.2) is 9.97 Å². The topological polar surface area (TPSA) is 58.0 Å². The average molecular weight is 287 g/mol. The lowest BCUT2D eigenvalue weighted by Gasteiger charge is -2.11.